The summed E-state index contributed by atoms with van der Waals surface area (Å²) in [6.45, 7) is 14.1. The molecule has 90 heavy (non-hydrogen) atoms. The first-order chi connectivity index (χ1) is 43.5. The fourth-order valence-corrected chi connectivity index (χ4v) is 12.8. The molecule has 0 aliphatic carbocycles. The maximum absolute atomic E-state index is 14.2. The Morgan fingerprint density at radius 1 is 0.778 bits per heavy atom. The van der Waals surface area contributed by atoms with Crippen molar-refractivity contribution in [3.8, 4) is 33.7 Å². The summed E-state index contributed by atoms with van der Waals surface area (Å²) in [5.41, 5.74) is 11.3. The molecule has 3 aliphatic heterocycles. The predicted octanol–water partition coefficient (Wildman–Crippen LogP) is 10.5. The number of hydrogen-bond donors (Lipinski definition) is 4. The largest absolute Gasteiger partial charge is 0.391 e. The molecular weight excluding hydrogens is 1150 g/mol. The molecule has 7 aromatic rings. The molecular formula is C72H83N11O6S. The standard InChI is InChI=1S/C72H83N11O6S/c1-48(53-31-33-54(34-32-53)65-49(2)75-47-90-65)76-69(87)62-43-58(84)45-83(62)71(89)66(72(3,4)5)78-63(85)19-11-9-7-8-10-12-20-64(86)81-40-38-80(39-41-81)36-15-16-50-21-23-51(24-22-50)25-26-52-27-29-55(30-28-52)70(88)82-37-35-59-61(46-82)77-67(79-68(59)73-6)57-42-56-17-13-14-18-60(56)74-44-57/h13-14,17-18,21-34,42,44,47-48,58,62,66,84H,7-12,19-20,35-41,43,45-46H2,1-6H3,(H,76,87)(H,78,85)(H,73,77,79)/b26-25+/t48-,58+,62-,66+/m0/s1. The van der Waals surface area contributed by atoms with E-state index in [1.165, 1.54) is 4.90 Å². The van der Waals surface area contributed by atoms with Crippen molar-refractivity contribution in [2.24, 2.45) is 5.41 Å². The molecule has 18 heteroatoms. The predicted molar refractivity (Wildman–Crippen MR) is 356 cm³/mol. The SMILES string of the molecule is CNc1nc(-c2cnc3ccccc3c2)nc2c1CCN(C(=O)c1ccc(/C=C/c3ccc(C#CCN4CCN(C(=O)CCCCCCCCC(=O)N[C@H](C(=O)N5C[C@H](O)C[C@H]5C(=O)N[C@@H](C)c5ccc(-c6scnc6C)cc5)C(C)(C)C)CC4)cc3)cc1)C2. The van der Waals surface area contributed by atoms with Crippen LogP contribution in [0.4, 0.5) is 5.82 Å². The molecule has 0 saturated carbocycles. The maximum atomic E-state index is 14.2. The lowest BCUT2D eigenvalue weighted by molar-refractivity contribution is -0.144. The average Bonchev–Trinajstić information content (AvgIpc) is 1.11. The van der Waals surface area contributed by atoms with E-state index >= 15 is 0 Å². The zero-order chi connectivity index (χ0) is 63.3. The highest BCUT2D eigenvalue weighted by Crippen LogP contribution is 2.32. The molecule has 0 bridgehead atoms. The number of piperazine rings is 1. The lowest BCUT2D eigenvalue weighted by Crippen LogP contribution is -2.57. The van der Waals surface area contributed by atoms with E-state index in [1.807, 2.05) is 148 Å². The molecule has 3 aromatic heterocycles. The highest BCUT2D eigenvalue weighted by atomic mass is 32.1. The number of fused-ring (bicyclic) bond motifs is 2. The number of aromatic nitrogens is 4. The molecule has 0 spiro atoms. The van der Waals surface area contributed by atoms with E-state index in [1.54, 1.807) is 17.5 Å². The lowest BCUT2D eigenvalue weighted by atomic mass is 9.85. The number of aliphatic hydroxyl groups is 1. The third-order valence-electron chi connectivity index (χ3n) is 17.3. The Balaban J connectivity index is 0.585. The molecule has 2 fully saturated rings. The molecule has 4 atom stereocenters. The first kappa shape index (κ1) is 64.4. The van der Waals surface area contributed by atoms with Gasteiger partial charge in [-0.15, -0.1) is 11.3 Å². The van der Waals surface area contributed by atoms with Crippen LogP contribution >= 0.6 is 11.3 Å². The number of rotatable bonds is 21. The smallest absolute Gasteiger partial charge is 0.254 e. The Labute approximate surface area is 532 Å². The van der Waals surface area contributed by atoms with Gasteiger partial charge >= 0.3 is 0 Å². The molecule has 6 heterocycles. The number of amides is 5. The number of unbranched alkanes of at least 4 members (excludes halogenated alkanes) is 5. The van der Waals surface area contributed by atoms with Gasteiger partial charge in [0.2, 0.25) is 23.6 Å². The highest BCUT2D eigenvalue weighted by molar-refractivity contribution is 7.13. The van der Waals surface area contributed by atoms with Crippen LogP contribution in [0.1, 0.15) is 141 Å². The van der Waals surface area contributed by atoms with Crippen molar-refractivity contribution >= 4 is 69.7 Å². The topological polar surface area (TPSA) is 206 Å². The van der Waals surface area contributed by atoms with Crippen LogP contribution in [0.25, 0.3) is 44.9 Å². The zero-order valence-corrected chi connectivity index (χ0v) is 53.5. The Hall–Kier alpha value is -8.63. The fraction of sp³-hybridized carbons (Fsp3) is 0.403. The minimum absolute atomic E-state index is 0.0167. The van der Waals surface area contributed by atoms with Crippen molar-refractivity contribution in [2.75, 3.05) is 58.2 Å². The van der Waals surface area contributed by atoms with E-state index in [9.17, 15) is 29.1 Å². The summed E-state index contributed by atoms with van der Waals surface area (Å²) in [6.07, 6.45) is 11.9. The number of nitrogens with one attached hydrogen (secondary N) is 3. The van der Waals surface area contributed by atoms with Crippen LogP contribution in [0.3, 0.4) is 0 Å². The minimum Gasteiger partial charge on any atom is -0.391 e. The summed E-state index contributed by atoms with van der Waals surface area (Å²) in [5.74, 6) is 7.22. The summed E-state index contributed by atoms with van der Waals surface area (Å²) < 4.78 is 0. The van der Waals surface area contributed by atoms with Crippen LogP contribution < -0.4 is 16.0 Å². The van der Waals surface area contributed by atoms with Gasteiger partial charge in [0.1, 0.15) is 17.9 Å². The number of aryl methyl sites for hydroxylation is 1. The molecule has 10 rings (SSSR count). The molecule has 0 unspecified atom stereocenters. The van der Waals surface area contributed by atoms with Gasteiger partial charge in [0.05, 0.1) is 52.5 Å². The van der Waals surface area contributed by atoms with E-state index in [0.717, 1.165) is 117 Å². The zero-order valence-electron chi connectivity index (χ0n) is 52.6. The first-order valence-corrected chi connectivity index (χ1v) is 32.5. The first-order valence-electron chi connectivity index (χ1n) is 31.7. The summed E-state index contributed by atoms with van der Waals surface area (Å²) in [5, 5.41) is 21.0. The van der Waals surface area contributed by atoms with E-state index in [-0.39, 0.29) is 55.0 Å². The average molecular weight is 1230 g/mol. The number of hydrogen-bond acceptors (Lipinski definition) is 13. The van der Waals surface area contributed by atoms with Crippen LogP contribution in [0.2, 0.25) is 0 Å². The van der Waals surface area contributed by atoms with Crippen LogP contribution in [-0.2, 0) is 32.1 Å². The molecule has 468 valence electrons. The fourth-order valence-electron chi connectivity index (χ4n) is 12.0. The molecule has 0 radical (unpaired) electrons. The van der Waals surface area contributed by atoms with Crippen molar-refractivity contribution in [3.05, 3.63) is 160 Å². The molecule has 4 aromatic carbocycles. The number of para-hydroxylation sites is 1. The Morgan fingerprint density at radius 3 is 2.16 bits per heavy atom. The summed E-state index contributed by atoms with van der Waals surface area (Å²) in [4.78, 5) is 95.5. The quantitative estimate of drug-likeness (QED) is 0.0301. The van der Waals surface area contributed by atoms with Crippen molar-refractivity contribution in [3.63, 3.8) is 0 Å². The van der Waals surface area contributed by atoms with Gasteiger partial charge in [0.25, 0.3) is 5.91 Å². The van der Waals surface area contributed by atoms with Crippen LogP contribution in [0.15, 0.2) is 115 Å². The normalized spacial score (nSPS) is 16.7. The Kier molecular flexibility index (Phi) is 21.3. The number of carbonyl (C=O) groups is 5. The van der Waals surface area contributed by atoms with Crippen molar-refractivity contribution in [2.45, 2.75) is 130 Å². The van der Waals surface area contributed by atoms with Crippen molar-refractivity contribution in [1.29, 1.82) is 0 Å². The second kappa shape index (κ2) is 29.8. The van der Waals surface area contributed by atoms with Gasteiger partial charge in [-0.1, -0.05) is 137 Å². The van der Waals surface area contributed by atoms with Crippen molar-refractivity contribution in [1.82, 2.24) is 50.2 Å². The highest BCUT2D eigenvalue weighted by Gasteiger charge is 2.45. The van der Waals surface area contributed by atoms with Crippen molar-refractivity contribution < 1.29 is 29.1 Å². The molecule has 17 nitrogen and oxygen atoms in total. The lowest BCUT2D eigenvalue weighted by Gasteiger charge is -2.35. The number of β-amino-alcohol motifs (C(OH)–C–C–N with tert-alkyl or cyclic N) is 1. The monoisotopic (exact) mass is 1230 g/mol. The van der Waals surface area contributed by atoms with Crippen LogP contribution in [0, 0.1) is 24.2 Å². The van der Waals surface area contributed by atoms with Gasteiger partial charge in [0.15, 0.2) is 5.82 Å². The number of thiazole rings is 1. The van der Waals surface area contributed by atoms with Crippen LogP contribution in [-0.4, -0.2) is 145 Å². The molecule has 3 aliphatic rings. The van der Waals surface area contributed by atoms with Gasteiger partial charge in [-0.2, -0.15) is 0 Å². The van der Waals surface area contributed by atoms with E-state index < -0.39 is 23.6 Å². The number of likely N-dealkylation sites (tertiary alicyclic amines) is 1. The van der Waals surface area contributed by atoms with Gasteiger partial charge < -0.3 is 35.8 Å². The van der Waals surface area contributed by atoms with E-state index in [0.29, 0.717) is 63.4 Å². The molecule has 2 saturated heterocycles. The molecule has 5 amide bonds. The van der Waals surface area contributed by atoms with Gasteiger partial charge in [0, 0.05) is 99.4 Å². The van der Waals surface area contributed by atoms with Crippen LogP contribution in [0.5, 0.6) is 0 Å². The number of anilines is 1. The maximum Gasteiger partial charge on any atom is 0.254 e. The van der Waals surface area contributed by atoms with E-state index in [2.05, 4.69) is 66.9 Å². The number of nitrogens with zero attached hydrogens (tertiary/aromatic N) is 8. The number of pyridine rings is 1. The summed E-state index contributed by atoms with van der Waals surface area (Å²) >= 11 is 1.58. The summed E-state index contributed by atoms with van der Waals surface area (Å²) in [6, 6.07) is 31.8. The third kappa shape index (κ3) is 16.4. The van der Waals surface area contributed by atoms with Gasteiger partial charge in [-0.25, -0.2) is 15.0 Å². The number of benzene rings is 4. The van der Waals surface area contributed by atoms with E-state index in [4.69, 9.17) is 9.97 Å². The Morgan fingerprint density at radius 2 is 1.47 bits per heavy atom. The van der Waals surface area contributed by atoms with Gasteiger partial charge in [-0.05, 0) is 97.2 Å². The third-order valence-corrected chi connectivity index (χ3v) is 18.3. The van der Waals surface area contributed by atoms with Gasteiger partial charge in [-0.3, -0.25) is 33.9 Å². The Bertz CT molecular complexity index is 3770. The number of aliphatic hydroxyl groups excluding tert-OH is 1. The second-order valence-electron chi connectivity index (χ2n) is 25.0. The number of carbonyl (C=O) groups excluding carboxylic acids is 5. The minimum atomic E-state index is -0.875. The second-order valence-corrected chi connectivity index (χ2v) is 25.9. The summed E-state index contributed by atoms with van der Waals surface area (Å²) in [7, 11) is 1.86. The molecule has 4 N–H and O–H groups in total.